The van der Waals surface area contributed by atoms with E-state index in [0.29, 0.717) is 35.7 Å². The normalized spacial score (nSPS) is 23.8. The summed E-state index contributed by atoms with van der Waals surface area (Å²) >= 11 is 0. The van der Waals surface area contributed by atoms with Crippen LogP contribution in [0.4, 0.5) is 0 Å². The molecule has 0 saturated heterocycles. The highest BCUT2D eigenvalue weighted by molar-refractivity contribution is 5.91. The Morgan fingerprint density at radius 1 is 1.41 bits per heavy atom. The fourth-order valence-corrected chi connectivity index (χ4v) is 3.58. The predicted molar refractivity (Wildman–Crippen MR) is 95.6 cm³/mol. The number of benzene rings is 1. The van der Waals surface area contributed by atoms with Gasteiger partial charge in [-0.05, 0) is 31.5 Å². The van der Waals surface area contributed by atoms with Crippen molar-refractivity contribution in [1.29, 1.82) is 5.26 Å². The summed E-state index contributed by atoms with van der Waals surface area (Å²) in [5.41, 5.74) is 1.10. The second kappa shape index (κ2) is 7.70. The molecule has 1 amide bonds. The molecule has 0 spiro atoms. The second-order valence-electron chi connectivity index (χ2n) is 6.46. The summed E-state index contributed by atoms with van der Waals surface area (Å²) in [6.07, 6.45) is 0.982. The molecule has 0 aliphatic carbocycles. The molecule has 2 aliphatic heterocycles. The van der Waals surface area contributed by atoms with Crippen molar-refractivity contribution in [3.8, 4) is 11.8 Å². The number of rotatable bonds is 5. The molecule has 7 heteroatoms. The van der Waals surface area contributed by atoms with Crippen LogP contribution in [-0.2, 0) is 19.1 Å². The summed E-state index contributed by atoms with van der Waals surface area (Å²) in [5, 5.41) is 9.28. The monoisotopic (exact) mass is 370 g/mol. The molecule has 3 atom stereocenters. The van der Waals surface area contributed by atoms with E-state index in [-0.39, 0.29) is 12.5 Å². The van der Waals surface area contributed by atoms with Crippen LogP contribution in [0.25, 0.3) is 0 Å². The minimum Gasteiger partial charge on any atom is -0.496 e. The van der Waals surface area contributed by atoms with Crippen LogP contribution >= 0.6 is 0 Å². The molecule has 0 fully saturated rings. The van der Waals surface area contributed by atoms with E-state index in [1.807, 2.05) is 13.8 Å². The minimum atomic E-state index is -0.674. The first-order chi connectivity index (χ1) is 13.0. The van der Waals surface area contributed by atoms with Gasteiger partial charge in [-0.15, -0.1) is 0 Å². The zero-order valence-electron chi connectivity index (χ0n) is 15.6. The molecular formula is C20H22N2O5. The highest BCUT2D eigenvalue weighted by Gasteiger charge is 2.46. The summed E-state index contributed by atoms with van der Waals surface area (Å²) in [7, 11) is 0. The van der Waals surface area contributed by atoms with E-state index in [0.717, 1.165) is 0 Å². The fraction of sp³-hybridized carbons (Fsp3) is 0.450. The standard InChI is InChI=1S/C20H22N2O5/c1-4-16-20(26-12(3)23)19(22-11-14(25-5-2)9-18(22)24)15-8-13(10-21)6-7-17(15)27-16/h6-9,16,19-20H,4-5,11H2,1-3H3/t16-,19?,20-/m0/s1. The van der Waals surface area contributed by atoms with Gasteiger partial charge in [0.25, 0.3) is 5.91 Å². The number of ether oxygens (including phenoxy) is 3. The molecular weight excluding hydrogens is 348 g/mol. The molecule has 1 aromatic carbocycles. The lowest BCUT2D eigenvalue weighted by atomic mass is 9.90. The Balaban J connectivity index is 2.06. The Morgan fingerprint density at radius 2 is 2.19 bits per heavy atom. The van der Waals surface area contributed by atoms with Crippen LogP contribution in [0.3, 0.4) is 0 Å². The molecule has 0 aromatic heterocycles. The molecule has 3 rings (SSSR count). The molecule has 0 bridgehead atoms. The van der Waals surface area contributed by atoms with Gasteiger partial charge in [-0.25, -0.2) is 0 Å². The Hall–Kier alpha value is -3.01. The van der Waals surface area contributed by atoms with Crippen molar-refractivity contribution in [2.24, 2.45) is 0 Å². The Kier molecular flexibility index (Phi) is 5.36. The summed E-state index contributed by atoms with van der Waals surface area (Å²) < 4.78 is 17.1. The van der Waals surface area contributed by atoms with Gasteiger partial charge in [0, 0.05) is 18.6 Å². The summed E-state index contributed by atoms with van der Waals surface area (Å²) in [5.74, 6) is 0.496. The highest BCUT2D eigenvalue weighted by Crippen LogP contribution is 2.42. The molecule has 0 radical (unpaired) electrons. The molecule has 1 unspecified atom stereocenters. The summed E-state index contributed by atoms with van der Waals surface area (Å²) in [4.78, 5) is 26.0. The molecule has 2 aliphatic rings. The number of fused-ring (bicyclic) bond motifs is 1. The van der Waals surface area contributed by atoms with Gasteiger partial charge >= 0.3 is 5.97 Å². The van der Waals surface area contributed by atoms with Gasteiger partial charge in [-0.3, -0.25) is 9.59 Å². The average Bonchev–Trinajstić information content (AvgIpc) is 3.00. The van der Waals surface area contributed by atoms with Crippen LogP contribution in [-0.4, -0.2) is 42.1 Å². The number of hydrogen-bond acceptors (Lipinski definition) is 6. The topological polar surface area (TPSA) is 88.9 Å². The van der Waals surface area contributed by atoms with E-state index >= 15 is 0 Å². The zero-order valence-corrected chi connectivity index (χ0v) is 15.6. The summed E-state index contributed by atoms with van der Waals surface area (Å²) in [6, 6.07) is 6.63. The third-order valence-electron chi connectivity index (χ3n) is 4.68. The number of nitriles is 1. The second-order valence-corrected chi connectivity index (χ2v) is 6.46. The molecule has 2 heterocycles. The van der Waals surface area contributed by atoms with Crippen molar-refractivity contribution in [3.63, 3.8) is 0 Å². The third kappa shape index (κ3) is 3.61. The number of nitrogens with zero attached hydrogens (tertiary/aromatic N) is 2. The van der Waals surface area contributed by atoms with Crippen molar-refractivity contribution < 1.29 is 23.8 Å². The van der Waals surface area contributed by atoms with E-state index in [2.05, 4.69) is 6.07 Å². The molecule has 142 valence electrons. The van der Waals surface area contributed by atoms with E-state index in [4.69, 9.17) is 14.2 Å². The lowest BCUT2D eigenvalue weighted by Crippen LogP contribution is -2.50. The van der Waals surface area contributed by atoms with Gasteiger partial charge in [0.05, 0.1) is 24.8 Å². The first-order valence-electron chi connectivity index (χ1n) is 9.00. The number of carbonyl (C=O) groups is 2. The van der Waals surface area contributed by atoms with Crippen molar-refractivity contribution in [3.05, 3.63) is 41.2 Å². The Bertz CT molecular complexity index is 826. The van der Waals surface area contributed by atoms with Gasteiger partial charge < -0.3 is 19.1 Å². The minimum absolute atomic E-state index is 0.217. The predicted octanol–water partition coefficient (Wildman–Crippen LogP) is 2.46. The zero-order chi connectivity index (χ0) is 19.6. The number of hydrogen-bond donors (Lipinski definition) is 0. The lowest BCUT2D eigenvalue weighted by molar-refractivity contribution is -0.162. The van der Waals surface area contributed by atoms with E-state index < -0.39 is 24.2 Å². The number of amides is 1. The van der Waals surface area contributed by atoms with Crippen molar-refractivity contribution in [2.45, 2.75) is 45.4 Å². The molecule has 0 saturated carbocycles. The SMILES string of the molecule is CCOC1=CC(=O)N(C2c3cc(C#N)ccc3O[C@@H](CC)[C@@H]2OC(C)=O)C1. The fourth-order valence-electron chi connectivity index (χ4n) is 3.58. The van der Waals surface area contributed by atoms with E-state index in [1.165, 1.54) is 13.0 Å². The van der Waals surface area contributed by atoms with Crippen LogP contribution in [0.2, 0.25) is 0 Å². The van der Waals surface area contributed by atoms with E-state index in [9.17, 15) is 14.9 Å². The van der Waals surface area contributed by atoms with Gasteiger partial charge in [0.2, 0.25) is 0 Å². The van der Waals surface area contributed by atoms with Gasteiger partial charge in [-0.1, -0.05) is 6.92 Å². The van der Waals surface area contributed by atoms with Crippen LogP contribution in [0.1, 0.15) is 44.4 Å². The molecule has 7 nitrogen and oxygen atoms in total. The first-order valence-corrected chi connectivity index (χ1v) is 9.00. The quantitative estimate of drug-likeness (QED) is 0.740. The van der Waals surface area contributed by atoms with Gasteiger partial charge in [0.15, 0.2) is 6.10 Å². The Labute approximate surface area is 158 Å². The summed E-state index contributed by atoms with van der Waals surface area (Å²) in [6.45, 7) is 5.86. The van der Waals surface area contributed by atoms with E-state index in [1.54, 1.807) is 23.1 Å². The van der Waals surface area contributed by atoms with Crippen molar-refractivity contribution in [1.82, 2.24) is 4.90 Å². The maximum Gasteiger partial charge on any atom is 0.303 e. The maximum absolute atomic E-state index is 12.7. The first kappa shape index (κ1) is 18.8. The largest absolute Gasteiger partial charge is 0.496 e. The van der Waals surface area contributed by atoms with Crippen LogP contribution in [0.5, 0.6) is 5.75 Å². The highest BCUT2D eigenvalue weighted by atomic mass is 16.6. The number of esters is 1. The van der Waals surface area contributed by atoms with Crippen molar-refractivity contribution in [2.75, 3.05) is 13.2 Å². The smallest absolute Gasteiger partial charge is 0.303 e. The Morgan fingerprint density at radius 3 is 2.81 bits per heavy atom. The van der Waals surface area contributed by atoms with Gasteiger partial charge in [-0.2, -0.15) is 5.26 Å². The molecule has 0 N–H and O–H groups in total. The maximum atomic E-state index is 12.7. The van der Waals surface area contributed by atoms with Crippen LogP contribution in [0.15, 0.2) is 30.0 Å². The molecule has 1 aromatic rings. The lowest BCUT2D eigenvalue weighted by Gasteiger charge is -2.42. The van der Waals surface area contributed by atoms with Crippen LogP contribution < -0.4 is 4.74 Å². The van der Waals surface area contributed by atoms with Gasteiger partial charge in [0.1, 0.15) is 23.7 Å². The molecule has 27 heavy (non-hydrogen) atoms. The average molecular weight is 370 g/mol. The van der Waals surface area contributed by atoms with Crippen molar-refractivity contribution >= 4 is 11.9 Å². The number of carbonyl (C=O) groups excluding carboxylic acids is 2. The van der Waals surface area contributed by atoms with Crippen LogP contribution in [0, 0.1) is 11.3 Å². The third-order valence-corrected chi connectivity index (χ3v) is 4.68.